The van der Waals surface area contributed by atoms with Crippen molar-refractivity contribution >= 4 is 23.5 Å². The van der Waals surface area contributed by atoms with Crippen molar-refractivity contribution in [3.05, 3.63) is 35.9 Å². The van der Waals surface area contributed by atoms with Crippen molar-refractivity contribution < 1.29 is 9.53 Å². The van der Waals surface area contributed by atoms with Gasteiger partial charge in [0.05, 0.1) is 11.7 Å². The van der Waals surface area contributed by atoms with Gasteiger partial charge < -0.3 is 4.74 Å². The number of amides is 1. The minimum absolute atomic E-state index is 0.305. The molecule has 1 aromatic carbocycles. The van der Waals surface area contributed by atoms with Crippen LogP contribution in [0.5, 0.6) is 0 Å². The van der Waals surface area contributed by atoms with Crippen molar-refractivity contribution in [1.82, 2.24) is 5.01 Å². The molecule has 0 spiro atoms. The Hall–Kier alpha value is -1.71. The van der Waals surface area contributed by atoms with Crippen molar-refractivity contribution in [1.29, 1.82) is 0 Å². The monoisotopic (exact) mass is 264 g/mol. The Labute approximate surface area is 112 Å². The molecule has 0 heterocycles. The number of hydrogen-bond donors (Lipinski definition) is 0. The first kappa shape index (κ1) is 14.4. The maximum Gasteiger partial charge on any atom is 0.431 e. The summed E-state index contributed by atoms with van der Waals surface area (Å²) in [6, 6.07) is 9.49. The zero-order valence-corrected chi connectivity index (χ0v) is 11.5. The molecular weight excluding hydrogens is 248 g/mol. The Kier molecular flexibility index (Phi) is 5.01. The third-order valence-corrected chi connectivity index (χ3v) is 2.02. The van der Waals surface area contributed by atoms with Crippen LogP contribution in [0.2, 0.25) is 0 Å². The number of hydrogen-bond acceptors (Lipinski definition) is 4. The van der Waals surface area contributed by atoms with Crippen molar-refractivity contribution in [2.24, 2.45) is 5.10 Å². The molecule has 0 atom stereocenters. The SMILES string of the molecule is CC(C)(C)OC(=O)N(Cc1ccccc1)N=C=S. The first-order chi connectivity index (χ1) is 8.42. The quantitative estimate of drug-likeness (QED) is 0.477. The van der Waals surface area contributed by atoms with Gasteiger partial charge in [0.15, 0.2) is 0 Å². The van der Waals surface area contributed by atoms with E-state index in [1.54, 1.807) is 20.8 Å². The molecule has 0 N–H and O–H groups in total. The Bertz CT molecular complexity index is 448. The van der Waals surface area contributed by atoms with Gasteiger partial charge in [-0.2, -0.15) is 5.01 Å². The highest BCUT2D eigenvalue weighted by Crippen LogP contribution is 2.12. The van der Waals surface area contributed by atoms with E-state index in [0.29, 0.717) is 6.54 Å². The fraction of sp³-hybridized carbons (Fsp3) is 0.385. The highest BCUT2D eigenvalue weighted by molar-refractivity contribution is 7.78. The summed E-state index contributed by atoms with van der Waals surface area (Å²) in [4.78, 5) is 11.9. The van der Waals surface area contributed by atoms with Gasteiger partial charge in [-0.1, -0.05) is 30.3 Å². The molecular formula is C13H16N2O2S. The van der Waals surface area contributed by atoms with E-state index in [4.69, 9.17) is 4.74 Å². The number of thiocarbonyl (C=S) groups is 1. The average Bonchev–Trinajstić information content (AvgIpc) is 2.27. The molecule has 0 aliphatic carbocycles. The van der Waals surface area contributed by atoms with Crippen LogP contribution in [0.4, 0.5) is 4.79 Å². The van der Waals surface area contributed by atoms with Gasteiger partial charge in [0.1, 0.15) is 5.60 Å². The molecule has 0 saturated carbocycles. The largest absolute Gasteiger partial charge is 0.442 e. The maximum atomic E-state index is 11.9. The normalized spacial score (nSPS) is 10.4. The van der Waals surface area contributed by atoms with E-state index in [0.717, 1.165) is 10.6 Å². The number of nitrogens with zero attached hydrogens (tertiary/aromatic N) is 2. The number of benzene rings is 1. The summed E-state index contributed by atoms with van der Waals surface area (Å²) in [5.41, 5.74) is 0.376. The summed E-state index contributed by atoms with van der Waals surface area (Å²) in [6.07, 6.45) is -0.538. The van der Waals surface area contributed by atoms with Gasteiger partial charge in [0.2, 0.25) is 0 Å². The number of carbonyl (C=O) groups is 1. The second-order valence-corrected chi connectivity index (χ2v) is 4.90. The van der Waals surface area contributed by atoms with Gasteiger partial charge in [0, 0.05) is 0 Å². The van der Waals surface area contributed by atoms with Crippen molar-refractivity contribution in [3.8, 4) is 0 Å². The minimum atomic E-state index is -0.566. The zero-order valence-electron chi connectivity index (χ0n) is 10.7. The molecule has 1 aromatic rings. The van der Waals surface area contributed by atoms with E-state index in [1.807, 2.05) is 30.3 Å². The predicted molar refractivity (Wildman–Crippen MR) is 73.2 cm³/mol. The fourth-order valence-electron chi connectivity index (χ4n) is 1.26. The van der Waals surface area contributed by atoms with Crippen LogP contribution in [0.1, 0.15) is 26.3 Å². The van der Waals surface area contributed by atoms with Gasteiger partial charge in [-0.05, 0) is 38.6 Å². The van der Waals surface area contributed by atoms with E-state index < -0.39 is 11.7 Å². The molecule has 18 heavy (non-hydrogen) atoms. The molecule has 0 radical (unpaired) electrons. The molecule has 0 aliphatic heterocycles. The Morgan fingerprint density at radius 1 is 1.39 bits per heavy atom. The number of carbonyl (C=O) groups excluding carboxylic acids is 1. The van der Waals surface area contributed by atoms with Crippen LogP contribution >= 0.6 is 12.2 Å². The Balaban J connectivity index is 2.77. The van der Waals surface area contributed by atoms with E-state index >= 15 is 0 Å². The topological polar surface area (TPSA) is 41.9 Å². The van der Waals surface area contributed by atoms with Gasteiger partial charge in [-0.15, -0.1) is 5.10 Å². The van der Waals surface area contributed by atoms with Crippen LogP contribution in [-0.4, -0.2) is 21.9 Å². The summed E-state index contributed by atoms with van der Waals surface area (Å²) in [6.45, 7) is 5.70. The van der Waals surface area contributed by atoms with Gasteiger partial charge in [-0.3, -0.25) is 0 Å². The molecule has 0 unspecified atom stereocenters. The van der Waals surface area contributed by atoms with Crippen LogP contribution in [0.3, 0.4) is 0 Å². The standard InChI is InChI=1S/C13H16N2O2S/c1-13(2,3)17-12(16)15(14-10-18)9-11-7-5-4-6-8-11/h4-8H,9H2,1-3H3. The van der Waals surface area contributed by atoms with Crippen molar-refractivity contribution in [2.45, 2.75) is 32.9 Å². The highest BCUT2D eigenvalue weighted by atomic mass is 32.1. The molecule has 0 bridgehead atoms. The summed E-state index contributed by atoms with van der Waals surface area (Å²) >= 11 is 4.54. The third-order valence-electron chi connectivity index (χ3n) is 1.94. The van der Waals surface area contributed by atoms with Crippen molar-refractivity contribution in [3.63, 3.8) is 0 Å². The van der Waals surface area contributed by atoms with Crippen LogP contribution < -0.4 is 0 Å². The third kappa shape index (κ3) is 5.08. The van der Waals surface area contributed by atoms with Gasteiger partial charge in [0.25, 0.3) is 0 Å². The smallest absolute Gasteiger partial charge is 0.431 e. The molecule has 4 nitrogen and oxygen atoms in total. The van der Waals surface area contributed by atoms with Crippen LogP contribution in [0.15, 0.2) is 35.4 Å². The van der Waals surface area contributed by atoms with E-state index in [9.17, 15) is 4.79 Å². The van der Waals surface area contributed by atoms with Gasteiger partial charge in [-0.25, -0.2) is 4.79 Å². The summed E-state index contributed by atoms with van der Waals surface area (Å²) in [5, 5.41) is 7.08. The first-order valence-electron chi connectivity index (χ1n) is 5.54. The summed E-state index contributed by atoms with van der Waals surface area (Å²) in [7, 11) is 0. The predicted octanol–water partition coefficient (Wildman–Crippen LogP) is 3.44. The molecule has 5 heteroatoms. The van der Waals surface area contributed by atoms with Crippen LogP contribution in [0.25, 0.3) is 0 Å². The molecule has 0 aliphatic rings. The second-order valence-electron chi connectivity index (χ2n) is 4.71. The Morgan fingerprint density at radius 2 is 2.00 bits per heavy atom. The lowest BCUT2D eigenvalue weighted by molar-refractivity contribution is 0.0241. The maximum absolute atomic E-state index is 11.9. The highest BCUT2D eigenvalue weighted by Gasteiger charge is 2.21. The molecule has 1 rings (SSSR count). The van der Waals surface area contributed by atoms with E-state index in [1.165, 1.54) is 0 Å². The minimum Gasteiger partial charge on any atom is -0.442 e. The number of isothiocyanates is 1. The second kappa shape index (κ2) is 6.28. The van der Waals surface area contributed by atoms with Crippen molar-refractivity contribution in [2.75, 3.05) is 0 Å². The molecule has 0 fully saturated rings. The first-order valence-corrected chi connectivity index (χ1v) is 5.95. The average molecular weight is 264 g/mol. The van der Waals surface area contributed by atoms with E-state index in [2.05, 4.69) is 22.5 Å². The molecule has 0 saturated heterocycles. The van der Waals surface area contributed by atoms with E-state index in [-0.39, 0.29) is 0 Å². The fourth-order valence-corrected chi connectivity index (χ4v) is 1.36. The molecule has 0 aromatic heterocycles. The Morgan fingerprint density at radius 3 is 2.50 bits per heavy atom. The summed E-state index contributed by atoms with van der Waals surface area (Å²) < 4.78 is 5.23. The number of ether oxygens (including phenoxy) is 1. The number of rotatable bonds is 3. The molecule has 1 amide bonds. The van der Waals surface area contributed by atoms with Gasteiger partial charge >= 0.3 is 6.09 Å². The molecule has 96 valence electrons. The lowest BCUT2D eigenvalue weighted by Gasteiger charge is -2.23. The zero-order chi connectivity index (χ0) is 13.6. The lowest BCUT2D eigenvalue weighted by Crippen LogP contribution is -2.33. The summed E-state index contributed by atoms with van der Waals surface area (Å²) in [5.74, 6) is 0. The number of hydrazone groups is 1. The van der Waals surface area contributed by atoms with Crippen LogP contribution in [0, 0.1) is 0 Å². The lowest BCUT2D eigenvalue weighted by atomic mass is 10.2. The van der Waals surface area contributed by atoms with Crippen LogP contribution in [-0.2, 0) is 11.3 Å².